The topological polar surface area (TPSA) is 51.5 Å². The number of rotatable bonds is 4. The number of methoxy groups -OCH3 is 1. The number of ether oxygens (including phenoxy) is 1. The molecule has 1 unspecified atom stereocenters. The third-order valence-electron chi connectivity index (χ3n) is 3.35. The van der Waals surface area contributed by atoms with Crippen LogP contribution in [0.3, 0.4) is 0 Å². The molecule has 1 aromatic heterocycles. The molecule has 0 aliphatic rings. The molecule has 0 bridgehead atoms. The van der Waals surface area contributed by atoms with Gasteiger partial charge in [-0.15, -0.1) is 0 Å². The second kappa shape index (κ2) is 5.82. The molecule has 1 N–H and O–H groups in total. The van der Waals surface area contributed by atoms with Crippen LogP contribution in [0.2, 0.25) is 0 Å². The van der Waals surface area contributed by atoms with E-state index in [4.69, 9.17) is 9.15 Å². The van der Waals surface area contributed by atoms with E-state index in [2.05, 4.69) is 5.32 Å². The monoisotopic (exact) mass is 273 g/mol. The predicted molar refractivity (Wildman–Crippen MR) is 77.1 cm³/mol. The van der Waals surface area contributed by atoms with E-state index in [1.165, 1.54) is 0 Å². The highest BCUT2D eigenvalue weighted by Gasteiger charge is 2.18. The molecular formula is C16H19NO3. The molecule has 0 spiro atoms. The molecule has 4 heteroatoms. The zero-order chi connectivity index (χ0) is 14.7. The lowest BCUT2D eigenvalue weighted by molar-refractivity contribution is 0.0938. The molecule has 0 aliphatic carbocycles. The quantitative estimate of drug-likeness (QED) is 0.929. The molecule has 4 nitrogen and oxygen atoms in total. The molecule has 1 heterocycles. The van der Waals surface area contributed by atoms with Gasteiger partial charge in [0.25, 0.3) is 5.91 Å². The van der Waals surface area contributed by atoms with Gasteiger partial charge in [-0.3, -0.25) is 4.79 Å². The fourth-order valence-electron chi connectivity index (χ4n) is 2.16. The number of nitrogens with one attached hydrogen (secondary N) is 1. The van der Waals surface area contributed by atoms with Gasteiger partial charge in [0.05, 0.1) is 25.0 Å². The van der Waals surface area contributed by atoms with Crippen LogP contribution >= 0.6 is 0 Å². The van der Waals surface area contributed by atoms with Crippen LogP contribution in [-0.2, 0) is 0 Å². The van der Waals surface area contributed by atoms with E-state index in [-0.39, 0.29) is 11.9 Å². The van der Waals surface area contributed by atoms with Gasteiger partial charge in [0.1, 0.15) is 11.5 Å². The van der Waals surface area contributed by atoms with Gasteiger partial charge in [-0.1, -0.05) is 12.1 Å². The zero-order valence-electron chi connectivity index (χ0n) is 12.2. The Labute approximate surface area is 118 Å². The van der Waals surface area contributed by atoms with Crippen LogP contribution in [0, 0.1) is 13.8 Å². The van der Waals surface area contributed by atoms with Gasteiger partial charge in [-0.25, -0.2) is 0 Å². The molecule has 1 aromatic carbocycles. The lowest BCUT2D eigenvalue weighted by Crippen LogP contribution is -2.27. The van der Waals surface area contributed by atoms with E-state index < -0.39 is 0 Å². The summed E-state index contributed by atoms with van der Waals surface area (Å²) in [4.78, 5) is 12.3. The molecule has 0 saturated heterocycles. The van der Waals surface area contributed by atoms with E-state index in [0.717, 1.165) is 16.9 Å². The van der Waals surface area contributed by atoms with Crippen molar-refractivity contribution in [3.8, 4) is 5.75 Å². The van der Waals surface area contributed by atoms with Crippen molar-refractivity contribution in [3.63, 3.8) is 0 Å². The third-order valence-corrected chi connectivity index (χ3v) is 3.35. The summed E-state index contributed by atoms with van der Waals surface area (Å²) in [6, 6.07) is 7.57. The van der Waals surface area contributed by atoms with Crippen molar-refractivity contribution >= 4 is 5.91 Å². The van der Waals surface area contributed by atoms with Crippen molar-refractivity contribution in [1.82, 2.24) is 5.32 Å². The molecule has 0 saturated carbocycles. The van der Waals surface area contributed by atoms with Crippen LogP contribution in [0.1, 0.15) is 40.2 Å². The van der Waals surface area contributed by atoms with Gasteiger partial charge >= 0.3 is 0 Å². The summed E-state index contributed by atoms with van der Waals surface area (Å²) in [7, 11) is 1.63. The summed E-state index contributed by atoms with van der Waals surface area (Å²) in [6.07, 6.45) is 1.60. The minimum atomic E-state index is -0.114. The van der Waals surface area contributed by atoms with E-state index in [1.54, 1.807) is 20.3 Å². The number of aryl methyl sites for hydroxylation is 2. The summed E-state index contributed by atoms with van der Waals surface area (Å²) >= 11 is 0. The molecule has 2 aromatic rings. The fraction of sp³-hybridized carbons (Fsp3) is 0.312. The number of benzene rings is 1. The second-order valence-corrected chi connectivity index (χ2v) is 4.82. The molecule has 20 heavy (non-hydrogen) atoms. The third kappa shape index (κ3) is 2.85. The summed E-state index contributed by atoms with van der Waals surface area (Å²) in [5.74, 6) is 1.33. The molecule has 0 aliphatic heterocycles. The average Bonchev–Trinajstić information content (AvgIpc) is 2.78. The van der Waals surface area contributed by atoms with Crippen LogP contribution < -0.4 is 10.1 Å². The van der Waals surface area contributed by atoms with Gasteiger partial charge in [-0.2, -0.15) is 0 Å². The summed E-state index contributed by atoms with van der Waals surface area (Å²) in [5, 5.41) is 2.98. The smallest absolute Gasteiger partial charge is 0.255 e. The van der Waals surface area contributed by atoms with Crippen molar-refractivity contribution in [1.29, 1.82) is 0 Å². The van der Waals surface area contributed by atoms with Crippen LogP contribution in [0.4, 0.5) is 0 Å². The highest BCUT2D eigenvalue weighted by atomic mass is 16.5. The van der Waals surface area contributed by atoms with Gasteiger partial charge in [-0.05, 0) is 38.5 Å². The first-order chi connectivity index (χ1) is 9.52. The first kappa shape index (κ1) is 14.2. The van der Waals surface area contributed by atoms with Crippen molar-refractivity contribution in [2.24, 2.45) is 0 Å². The van der Waals surface area contributed by atoms with Crippen molar-refractivity contribution in [2.45, 2.75) is 26.8 Å². The second-order valence-electron chi connectivity index (χ2n) is 4.82. The number of hydrogen-bond donors (Lipinski definition) is 1. The zero-order valence-corrected chi connectivity index (χ0v) is 12.2. The molecule has 2 rings (SSSR count). The minimum absolute atomic E-state index is 0.0814. The maximum absolute atomic E-state index is 12.3. The molecule has 106 valence electrons. The van der Waals surface area contributed by atoms with Gasteiger partial charge < -0.3 is 14.5 Å². The predicted octanol–water partition coefficient (Wildman–Crippen LogP) is 3.40. The molecular weight excluding hydrogens is 254 g/mol. The van der Waals surface area contributed by atoms with Crippen molar-refractivity contribution in [2.75, 3.05) is 7.11 Å². The van der Waals surface area contributed by atoms with E-state index >= 15 is 0 Å². The van der Waals surface area contributed by atoms with Crippen molar-refractivity contribution in [3.05, 3.63) is 53.0 Å². The van der Waals surface area contributed by atoms with Crippen LogP contribution in [0.5, 0.6) is 5.75 Å². The Morgan fingerprint density at radius 1 is 1.25 bits per heavy atom. The van der Waals surface area contributed by atoms with E-state index in [1.807, 2.05) is 38.1 Å². The fourth-order valence-corrected chi connectivity index (χ4v) is 2.16. The normalized spacial score (nSPS) is 12.0. The summed E-state index contributed by atoms with van der Waals surface area (Å²) < 4.78 is 10.4. The van der Waals surface area contributed by atoms with Gasteiger partial charge in [0, 0.05) is 5.56 Å². The maximum atomic E-state index is 12.3. The van der Waals surface area contributed by atoms with Crippen LogP contribution in [0.25, 0.3) is 0 Å². The number of carbonyl (C=O) groups is 1. The van der Waals surface area contributed by atoms with Gasteiger partial charge in [0.2, 0.25) is 0 Å². The Morgan fingerprint density at radius 3 is 2.40 bits per heavy atom. The Bertz CT molecular complexity index is 579. The van der Waals surface area contributed by atoms with E-state index in [0.29, 0.717) is 11.3 Å². The molecule has 0 fully saturated rings. The molecule has 1 atom stereocenters. The maximum Gasteiger partial charge on any atom is 0.255 e. The lowest BCUT2D eigenvalue weighted by atomic mass is 10.1. The summed E-state index contributed by atoms with van der Waals surface area (Å²) in [5.41, 5.74) is 2.49. The largest absolute Gasteiger partial charge is 0.497 e. The lowest BCUT2D eigenvalue weighted by Gasteiger charge is -2.15. The Morgan fingerprint density at radius 2 is 1.90 bits per heavy atom. The Kier molecular flexibility index (Phi) is 4.13. The standard InChI is InChI=1S/C16H19NO3/c1-10-9-20-12(3)15(10)16(18)17-11(2)13-5-7-14(19-4)8-6-13/h5-9,11H,1-4H3,(H,17,18). The van der Waals surface area contributed by atoms with Crippen LogP contribution in [0.15, 0.2) is 34.9 Å². The summed E-state index contributed by atoms with van der Waals surface area (Å²) in [6.45, 7) is 5.61. The Balaban J connectivity index is 2.11. The van der Waals surface area contributed by atoms with E-state index in [9.17, 15) is 4.79 Å². The number of amides is 1. The van der Waals surface area contributed by atoms with Crippen molar-refractivity contribution < 1.29 is 13.9 Å². The first-order valence-corrected chi connectivity index (χ1v) is 6.52. The number of furan rings is 1. The highest BCUT2D eigenvalue weighted by Crippen LogP contribution is 2.20. The van der Waals surface area contributed by atoms with Crippen LogP contribution in [-0.4, -0.2) is 13.0 Å². The number of carbonyl (C=O) groups excluding carboxylic acids is 1. The first-order valence-electron chi connectivity index (χ1n) is 6.52. The van der Waals surface area contributed by atoms with Gasteiger partial charge in [0.15, 0.2) is 0 Å². The highest BCUT2D eigenvalue weighted by molar-refractivity contribution is 5.96. The average molecular weight is 273 g/mol. The molecule has 1 amide bonds. The number of hydrogen-bond acceptors (Lipinski definition) is 3. The molecule has 0 radical (unpaired) electrons. The SMILES string of the molecule is COc1ccc(C(C)NC(=O)c2c(C)coc2C)cc1. The Hall–Kier alpha value is -2.23. The minimum Gasteiger partial charge on any atom is -0.497 e.